The SMILES string of the molecule is Cc1cccc([N+](=O)[O-])c1F.Cc1cccc2c1nc(N)n[n+]2[O-]. The van der Waals surface area contributed by atoms with E-state index in [1.807, 2.05) is 13.0 Å². The Hall–Kier alpha value is -3.36. The molecule has 0 atom stereocenters. The standard InChI is InChI=1S/C8H8N4O.C7H6FNO2/c1-5-3-2-4-6-7(5)10-8(9)11-12(6)13;1-5-3-2-4-6(7(5)8)9(10)11/h2-4H,1H3,(H2,9,10,11);2-4H,1H3. The van der Waals surface area contributed by atoms with Gasteiger partial charge in [0.2, 0.25) is 5.82 Å². The molecule has 3 aromatic rings. The quantitative estimate of drug-likeness (QED) is 0.316. The summed E-state index contributed by atoms with van der Waals surface area (Å²) in [5.74, 6) is -0.755. The number of nitro benzene ring substituents is 1. The van der Waals surface area contributed by atoms with Crippen molar-refractivity contribution in [2.75, 3.05) is 5.73 Å². The van der Waals surface area contributed by atoms with E-state index in [1.54, 1.807) is 12.1 Å². The predicted octanol–water partition coefficient (Wildman–Crippen LogP) is 2.20. The summed E-state index contributed by atoms with van der Waals surface area (Å²) in [7, 11) is 0. The fourth-order valence-electron chi connectivity index (χ4n) is 2.00. The number of nitrogens with zero attached hydrogens (tertiary/aromatic N) is 4. The van der Waals surface area contributed by atoms with Crippen LogP contribution in [0.4, 0.5) is 16.0 Å². The van der Waals surface area contributed by atoms with E-state index < -0.39 is 16.4 Å². The average molecular weight is 331 g/mol. The molecule has 124 valence electrons. The maximum absolute atomic E-state index is 12.8. The van der Waals surface area contributed by atoms with Crippen LogP contribution in [0.1, 0.15) is 11.1 Å². The summed E-state index contributed by atoms with van der Waals surface area (Å²) in [4.78, 5) is 13.9. The number of nitrogens with two attached hydrogens (primary N) is 1. The van der Waals surface area contributed by atoms with E-state index in [9.17, 15) is 19.7 Å². The first-order valence-electron chi connectivity index (χ1n) is 6.83. The van der Waals surface area contributed by atoms with Crippen molar-refractivity contribution in [1.29, 1.82) is 0 Å². The van der Waals surface area contributed by atoms with E-state index >= 15 is 0 Å². The van der Waals surface area contributed by atoms with Crippen molar-refractivity contribution >= 4 is 22.7 Å². The zero-order chi connectivity index (χ0) is 17.9. The van der Waals surface area contributed by atoms with Crippen molar-refractivity contribution in [3.63, 3.8) is 0 Å². The van der Waals surface area contributed by atoms with Crippen LogP contribution >= 0.6 is 0 Å². The van der Waals surface area contributed by atoms with Crippen molar-refractivity contribution in [3.05, 3.63) is 68.7 Å². The van der Waals surface area contributed by atoms with Crippen LogP contribution in [-0.2, 0) is 0 Å². The molecule has 0 saturated heterocycles. The normalized spacial score (nSPS) is 10.1. The van der Waals surface area contributed by atoms with E-state index in [0.717, 1.165) is 11.6 Å². The number of rotatable bonds is 1. The monoisotopic (exact) mass is 331 g/mol. The van der Waals surface area contributed by atoms with Gasteiger partial charge in [0.05, 0.1) is 10.0 Å². The molecule has 3 rings (SSSR count). The lowest BCUT2D eigenvalue weighted by atomic mass is 10.2. The van der Waals surface area contributed by atoms with Crippen LogP contribution in [-0.4, -0.2) is 15.0 Å². The number of aromatic nitrogens is 3. The summed E-state index contributed by atoms with van der Waals surface area (Å²) in [6, 6.07) is 9.40. The van der Waals surface area contributed by atoms with Crippen molar-refractivity contribution < 1.29 is 14.2 Å². The molecule has 0 saturated carbocycles. The third-order valence-electron chi connectivity index (χ3n) is 3.21. The Morgan fingerprint density at radius 1 is 1.17 bits per heavy atom. The predicted molar refractivity (Wildman–Crippen MR) is 85.4 cm³/mol. The summed E-state index contributed by atoms with van der Waals surface area (Å²) in [5.41, 5.74) is 7.13. The second-order valence-corrected chi connectivity index (χ2v) is 4.95. The van der Waals surface area contributed by atoms with Gasteiger partial charge in [-0.3, -0.25) is 10.1 Å². The van der Waals surface area contributed by atoms with E-state index in [2.05, 4.69) is 10.1 Å². The highest BCUT2D eigenvalue weighted by Crippen LogP contribution is 2.18. The minimum absolute atomic E-state index is 0.00296. The first kappa shape index (κ1) is 17.0. The van der Waals surface area contributed by atoms with Crippen LogP contribution in [0.2, 0.25) is 0 Å². The molecule has 9 heteroatoms. The summed E-state index contributed by atoms with van der Waals surface area (Å²) in [6.45, 7) is 3.36. The molecule has 2 aromatic carbocycles. The first-order valence-corrected chi connectivity index (χ1v) is 6.83. The fraction of sp³-hybridized carbons (Fsp3) is 0.133. The molecule has 0 aliphatic heterocycles. The Morgan fingerprint density at radius 2 is 1.79 bits per heavy atom. The summed E-state index contributed by atoms with van der Waals surface area (Å²) >= 11 is 0. The van der Waals surface area contributed by atoms with Crippen LogP contribution in [0.15, 0.2) is 36.4 Å². The molecule has 1 heterocycles. The molecular weight excluding hydrogens is 317 g/mol. The Kier molecular flexibility index (Phi) is 4.83. The van der Waals surface area contributed by atoms with Crippen LogP contribution in [0, 0.1) is 35.0 Å². The molecule has 0 bridgehead atoms. The molecule has 0 amide bonds. The fourth-order valence-corrected chi connectivity index (χ4v) is 2.00. The van der Waals surface area contributed by atoms with Crippen LogP contribution in [0.3, 0.4) is 0 Å². The minimum atomic E-state index is -0.752. The highest BCUT2D eigenvalue weighted by molar-refractivity contribution is 5.75. The first-order chi connectivity index (χ1) is 11.3. The lowest BCUT2D eigenvalue weighted by Crippen LogP contribution is -2.33. The largest absolute Gasteiger partial charge is 0.594 e. The zero-order valence-electron chi connectivity index (χ0n) is 12.9. The van der Waals surface area contributed by atoms with Gasteiger partial charge >= 0.3 is 5.69 Å². The second-order valence-electron chi connectivity index (χ2n) is 4.95. The number of nitro groups is 1. The average Bonchev–Trinajstić information content (AvgIpc) is 2.51. The second kappa shape index (κ2) is 6.82. The van der Waals surface area contributed by atoms with Crippen LogP contribution in [0.25, 0.3) is 11.0 Å². The number of hydrogen-bond acceptors (Lipinski definition) is 6. The van der Waals surface area contributed by atoms with Gasteiger partial charge in [-0.2, -0.15) is 4.39 Å². The lowest BCUT2D eigenvalue weighted by Gasteiger charge is -2.00. The Balaban J connectivity index is 0.000000177. The van der Waals surface area contributed by atoms with Gasteiger partial charge in [-0.15, -0.1) is 0 Å². The summed E-state index contributed by atoms with van der Waals surface area (Å²) in [6.07, 6.45) is 0. The molecule has 0 aliphatic rings. The van der Waals surface area contributed by atoms with E-state index in [4.69, 9.17) is 5.73 Å². The number of para-hydroxylation sites is 1. The van der Waals surface area contributed by atoms with E-state index in [-0.39, 0.29) is 5.95 Å². The minimum Gasteiger partial charge on any atom is -0.594 e. The van der Waals surface area contributed by atoms with Crippen molar-refractivity contribution in [1.82, 2.24) is 10.1 Å². The molecule has 0 fully saturated rings. The van der Waals surface area contributed by atoms with Gasteiger partial charge in [-0.25, -0.2) is 4.98 Å². The van der Waals surface area contributed by atoms with Crippen LogP contribution in [0.5, 0.6) is 0 Å². The van der Waals surface area contributed by atoms with Gasteiger partial charge in [0, 0.05) is 12.1 Å². The highest BCUT2D eigenvalue weighted by Gasteiger charge is 2.14. The van der Waals surface area contributed by atoms with Gasteiger partial charge in [0.25, 0.3) is 11.5 Å². The molecule has 0 spiro atoms. The lowest BCUT2D eigenvalue weighted by molar-refractivity contribution is -0.641. The highest BCUT2D eigenvalue weighted by atomic mass is 19.1. The number of halogens is 1. The van der Waals surface area contributed by atoms with Crippen LogP contribution < -0.4 is 10.6 Å². The maximum Gasteiger partial charge on any atom is 0.305 e. The number of fused-ring (bicyclic) bond motifs is 1. The van der Waals surface area contributed by atoms with Gasteiger partial charge < -0.3 is 10.9 Å². The number of aryl methyl sites for hydroxylation is 2. The van der Waals surface area contributed by atoms with Crippen molar-refractivity contribution in [2.24, 2.45) is 0 Å². The Labute approximate surface area is 136 Å². The molecule has 0 unspecified atom stereocenters. The van der Waals surface area contributed by atoms with Gasteiger partial charge in [0.1, 0.15) is 5.52 Å². The Bertz CT molecular complexity index is 917. The molecule has 0 radical (unpaired) electrons. The van der Waals surface area contributed by atoms with Gasteiger partial charge in [-0.1, -0.05) is 24.3 Å². The Morgan fingerprint density at radius 3 is 2.42 bits per heavy atom. The van der Waals surface area contributed by atoms with Gasteiger partial charge in [-0.05, 0) is 29.8 Å². The summed E-state index contributed by atoms with van der Waals surface area (Å²) < 4.78 is 12.8. The third-order valence-corrected chi connectivity index (χ3v) is 3.21. The molecular formula is C15H14FN5O3. The van der Waals surface area contributed by atoms with E-state index in [1.165, 1.54) is 19.1 Å². The molecule has 2 N–H and O–H groups in total. The smallest absolute Gasteiger partial charge is 0.305 e. The zero-order valence-corrected chi connectivity index (χ0v) is 12.9. The van der Waals surface area contributed by atoms with Crippen molar-refractivity contribution in [2.45, 2.75) is 13.8 Å². The topological polar surface area (TPSA) is 122 Å². The van der Waals surface area contributed by atoms with Crippen molar-refractivity contribution in [3.8, 4) is 0 Å². The maximum atomic E-state index is 12.8. The summed E-state index contributed by atoms with van der Waals surface area (Å²) in [5, 5.41) is 24.8. The third kappa shape index (κ3) is 3.51. The number of hydrogen-bond donors (Lipinski definition) is 1. The van der Waals surface area contributed by atoms with E-state index in [0.29, 0.717) is 21.4 Å². The van der Waals surface area contributed by atoms with Gasteiger partial charge in [0.15, 0.2) is 0 Å². The number of nitrogen functional groups attached to an aromatic ring is 1. The molecule has 24 heavy (non-hydrogen) atoms. The molecule has 8 nitrogen and oxygen atoms in total. The number of benzene rings is 2. The molecule has 0 aliphatic carbocycles. The number of anilines is 1. The molecule has 1 aromatic heterocycles.